The highest BCUT2D eigenvalue weighted by atomic mass is 79.9. The lowest BCUT2D eigenvalue weighted by Gasteiger charge is -2.18. The van der Waals surface area contributed by atoms with E-state index in [-0.39, 0.29) is 5.91 Å². The van der Waals surface area contributed by atoms with Crippen LogP contribution in [0.4, 0.5) is 5.69 Å². The quantitative estimate of drug-likeness (QED) is 0.476. The molecule has 1 heterocycles. The van der Waals surface area contributed by atoms with Crippen LogP contribution < -0.4 is 4.90 Å². The van der Waals surface area contributed by atoms with Gasteiger partial charge in [0.2, 0.25) is 0 Å². The van der Waals surface area contributed by atoms with Crippen LogP contribution in [0, 0.1) is 13.8 Å². The molecule has 0 spiro atoms. The van der Waals surface area contributed by atoms with Crippen LogP contribution in [0.5, 0.6) is 0 Å². The van der Waals surface area contributed by atoms with Crippen molar-refractivity contribution in [1.29, 1.82) is 0 Å². The Morgan fingerprint density at radius 1 is 0.821 bits per heavy atom. The van der Waals surface area contributed by atoms with Crippen LogP contribution in [0.25, 0.3) is 6.08 Å². The number of amidine groups is 1. The van der Waals surface area contributed by atoms with E-state index in [0.717, 1.165) is 26.9 Å². The van der Waals surface area contributed by atoms with Gasteiger partial charge in [0, 0.05) is 10.0 Å². The molecule has 1 aliphatic heterocycles. The van der Waals surface area contributed by atoms with Crippen LogP contribution in [-0.2, 0) is 4.79 Å². The Morgan fingerprint density at radius 3 is 2.00 bits per heavy atom. The molecule has 0 radical (unpaired) electrons. The fourth-order valence-electron chi connectivity index (χ4n) is 3.06. The van der Waals surface area contributed by atoms with Crippen LogP contribution in [0.15, 0.2) is 88.0 Å². The molecular formula is C24H19BrN2O. The van der Waals surface area contributed by atoms with Crippen molar-refractivity contribution in [2.45, 2.75) is 13.8 Å². The zero-order valence-corrected chi connectivity index (χ0v) is 17.3. The largest absolute Gasteiger partial charge is 0.282 e. The Bertz CT molecular complexity index is 1080. The summed E-state index contributed by atoms with van der Waals surface area (Å²) >= 11 is 3.46. The minimum absolute atomic E-state index is 0.123. The summed E-state index contributed by atoms with van der Waals surface area (Å²) in [7, 11) is 0. The van der Waals surface area contributed by atoms with E-state index in [1.54, 1.807) is 4.90 Å². The fraction of sp³-hybridized carbons (Fsp3) is 0.0833. The standard InChI is InChI=1S/C24H19BrN2O/c1-16-3-7-18(8-4-16)15-22-24(28)27(21-13-5-17(2)6-14-21)23(26-22)19-9-11-20(25)12-10-19/h3-15H,1-2H3/b22-15+. The van der Waals surface area contributed by atoms with Gasteiger partial charge < -0.3 is 0 Å². The predicted octanol–water partition coefficient (Wildman–Crippen LogP) is 5.90. The fourth-order valence-corrected chi connectivity index (χ4v) is 3.33. The summed E-state index contributed by atoms with van der Waals surface area (Å²) in [6.07, 6.45) is 1.84. The lowest BCUT2D eigenvalue weighted by Crippen LogP contribution is -2.32. The molecule has 138 valence electrons. The van der Waals surface area contributed by atoms with E-state index < -0.39 is 0 Å². The van der Waals surface area contributed by atoms with E-state index in [1.165, 1.54) is 5.56 Å². The van der Waals surface area contributed by atoms with Crippen molar-refractivity contribution in [3.05, 3.63) is 105 Å². The van der Waals surface area contributed by atoms with E-state index in [1.807, 2.05) is 92.7 Å². The first-order valence-corrected chi connectivity index (χ1v) is 9.85. The third-order valence-corrected chi connectivity index (χ3v) is 5.16. The zero-order valence-electron chi connectivity index (χ0n) is 15.7. The van der Waals surface area contributed by atoms with Crippen molar-refractivity contribution in [2.75, 3.05) is 4.90 Å². The second-order valence-corrected chi connectivity index (χ2v) is 7.77. The zero-order chi connectivity index (χ0) is 19.7. The second kappa shape index (κ2) is 7.56. The molecule has 1 aliphatic rings. The molecule has 0 N–H and O–H groups in total. The molecule has 3 nitrogen and oxygen atoms in total. The molecule has 0 saturated heterocycles. The molecule has 3 aromatic rings. The maximum Gasteiger partial charge on any atom is 0.282 e. The van der Waals surface area contributed by atoms with E-state index in [4.69, 9.17) is 4.99 Å². The molecule has 0 atom stereocenters. The number of aliphatic imine (C=N–C) groups is 1. The summed E-state index contributed by atoms with van der Waals surface area (Å²) in [5, 5.41) is 0. The van der Waals surface area contributed by atoms with Crippen molar-refractivity contribution in [1.82, 2.24) is 0 Å². The Balaban J connectivity index is 1.81. The number of carbonyl (C=O) groups excluding carboxylic acids is 1. The first-order valence-electron chi connectivity index (χ1n) is 9.05. The molecule has 0 aliphatic carbocycles. The second-order valence-electron chi connectivity index (χ2n) is 6.86. The Hall–Kier alpha value is -2.98. The molecule has 1 amide bonds. The van der Waals surface area contributed by atoms with Gasteiger partial charge in [-0.05, 0) is 49.8 Å². The van der Waals surface area contributed by atoms with Crippen molar-refractivity contribution < 1.29 is 4.79 Å². The molecule has 0 aromatic heterocycles. The summed E-state index contributed by atoms with van der Waals surface area (Å²) in [6, 6.07) is 23.8. The number of aryl methyl sites for hydroxylation is 2. The molecule has 0 fully saturated rings. The number of anilines is 1. The summed E-state index contributed by atoms with van der Waals surface area (Å²) in [4.78, 5) is 19.6. The van der Waals surface area contributed by atoms with Crippen LogP contribution in [0.2, 0.25) is 0 Å². The number of rotatable bonds is 3. The molecular weight excluding hydrogens is 412 g/mol. The first-order chi connectivity index (χ1) is 13.5. The van der Waals surface area contributed by atoms with E-state index in [2.05, 4.69) is 15.9 Å². The number of nitrogens with zero attached hydrogens (tertiary/aromatic N) is 2. The molecule has 0 bridgehead atoms. The average molecular weight is 431 g/mol. The lowest BCUT2D eigenvalue weighted by molar-refractivity contribution is -0.113. The van der Waals surface area contributed by atoms with Gasteiger partial charge in [0.1, 0.15) is 11.5 Å². The highest BCUT2D eigenvalue weighted by Gasteiger charge is 2.32. The molecule has 3 aromatic carbocycles. The van der Waals surface area contributed by atoms with E-state index in [0.29, 0.717) is 11.5 Å². The molecule has 0 unspecified atom stereocenters. The van der Waals surface area contributed by atoms with Gasteiger partial charge in [-0.25, -0.2) is 4.99 Å². The molecule has 4 heteroatoms. The van der Waals surface area contributed by atoms with Gasteiger partial charge in [0.25, 0.3) is 5.91 Å². The van der Waals surface area contributed by atoms with Gasteiger partial charge in [-0.15, -0.1) is 0 Å². The number of hydrogen-bond donors (Lipinski definition) is 0. The minimum atomic E-state index is -0.123. The number of hydrogen-bond acceptors (Lipinski definition) is 2. The third-order valence-electron chi connectivity index (χ3n) is 4.64. The van der Waals surface area contributed by atoms with Gasteiger partial charge >= 0.3 is 0 Å². The van der Waals surface area contributed by atoms with Gasteiger partial charge in [0.15, 0.2) is 0 Å². The van der Waals surface area contributed by atoms with Crippen molar-refractivity contribution >= 4 is 39.4 Å². The summed E-state index contributed by atoms with van der Waals surface area (Å²) in [6.45, 7) is 4.07. The van der Waals surface area contributed by atoms with Gasteiger partial charge in [-0.3, -0.25) is 9.69 Å². The summed E-state index contributed by atoms with van der Waals surface area (Å²) in [5.74, 6) is 0.516. The van der Waals surface area contributed by atoms with Gasteiger partial charge in [0.05, 0.1) is 5.69 Å². The highest BCUT2D eigenvalue weighted by Crippen LogP contribution is 2.28. The van der Waals surface area contributed by atoms with Gasteiger partial charge in [-0.1, -0.05) is 75.6 Å². The number of benzene rings is 3. The van der Waals surface area contributed by atoms with Crippen molar-refractivity contribution in [3.8, 4) is 0 Å². The summed E-state index contributed by atoms with van der Waals surface area (Å²) in [5.41, 5.74) is 5.42. The average Bonchev–Trinajstić information content (AvgIpc) is 3.01. The third kappa shape index (κ3) is 3.69. The summed E-state index contributed by atoms with van der Waals surface area (Å²) < 4.78 is 0.985. The van der Waals surface area contributed by atoms with Crippen molar-refractivity contribution in [3.63, 3.8) is 0 Å². The van der Waals surface area contributed by atoms with Crippen LogP contribution >= 0.6 is 15.9 Å². The SMILES string of the molecule is Cc1ccc(/C=C2/N=C(c3ccc(Br)cc3)N(c3ccc(C)cc3)C2=O)cc1. The number of halogens is 1. The molecule has 4 rings (SSSR count). The predicted molar refractivity (Wildman–Crippen MR) is 119 cm³/mol. The first kappa shape index (κ1) is 18.4. The Labute approximate surface area is 173 Å². The van der Waals surface area contributed by atoms with Gasteiger partial charge in [-0.2, -0.15) is 0 Å². The molecule has 0 saturated carbocycles. The smallest absolute Gasteiger partial charge is 0.266 e. The highest BCUT2D eigenvalue weighted by molar-refractivity contribution is 9.10. The minimum Gasteiger partial charge on any atom is -0.266 e. The van der Waals surface area contributed by atoms with Crippen molar-refractivity contribution in [2.24, 2.45) is 4.99 Å². The maximum absolute atomic E-state index is 13.2. The maximum atomic E-state index is 13.2. The molecule has 28 heavy (non-hydrogen) atoms. The Kier molecular flexibility index (Phi) is 4.97. The van der Waals surface area contributed by atoms with E-state index >= 15 is 0 Å². The van der Waals surface area contributed by atoms with Crippen LogP contribution in [0.1, 0.15) is 22.3 Å². The van der Waals surface area contributed by atoms with Crippen LogP contribution in [0.3, 0.4) is 0 Å². The normalized spacial score (nSPS) is 15.2. The lowest BCUT2D eigenvalue weighted by atomic mass is 10.1. The number of carbonyl (C=O) groups is 1. The monoisotopic (exact) mass is 430 g/mol. The topological polar surface area (TPSA) is 32.7 Å². The number of amides is 1. The van der Waals surface area contributed by atoms with Crippen LogP contribution in [-0.4, -0.2) is 11.7 Å². The Morgan fingerprint density at radius 2 is 1.39 bits per heavy atom. The van der Waals surface area contributed by atoms with E-state index in [9.17, 15) is 4.79 Å².